The van der Waals surface area contributed by atoms with Gasteiger partial charge >= 0.3 is 0 Å². The molecular weight excluding hydrogens is 258 g/mol. The molecule has 0 spiro atoms. The Bertz CT molecular complexity index is 520. The van der Waals surface area contributed by atoms with Gasteiger partial charge in [-0.15, -0.1) is 0 Å². The monoisotopic (exact) mass is 285 g/mol. The van der Waals surface area contributed by atoms with Gasteiger partial charge in [-0.3, -0.25) is 0 Å². The molecule has 0 bridgehead atoms. The maximum absolute atomic E-state index is 5.58. The normalized spacial score (nSPS) is 13.3. The average Bonchev–Trinajstić information content (AvgIpc) is 2.97. The van der Waals surface area contributed by atoms with Gasteiger partial charge in [0.05, 0.1) is 12.3 Å². The van der Waals surface area contributed by atoms with E-state index in [0.717, 1.165) is 25.1 Å². The Balaban J connectivity index is 2.09. The lowest BCUT2D eigenvalue weighted by atomic mass is 9.86. The summed E-state index contributed by atoms with van der Waals surface area (Å²) in [4.78, 5) is 0. The van der Waals surface area contributed by atoms with E-state index in [1.54, 1.807) is 6.26 Å². The van der Waals surface area contributed by atoms with E-state index >= 15 is 0 Å². The van der Waals surface area contributed by atoms with Gasteiger partial charge in [0, 0.05) is 0 Å². The average molecular weight is 285 g/mol. The lowest BCUT2D eigenvalue weighted by Gasteiger charge is -2.20. The zero-order valence-corrected chi connectivity index (χ0v) is 13.6. The molecule has 1 heterocycles. The lowest BCUT2D eigenvalue weighted by Crippen LogP contribution is -2.23. The SMILES string of the molecule is CCCNC(Cc1ccc(C(C)(C)C)cc1)c1ccco1. The summed E-state index contributed by atoms with van der Waals surface area (Å²) in [6.07, 6.45) is 3.83. The fourth-order valence-electron chi connectivity index (χ4n) is 2.46. The molecular formula is C19H27NO. The van der Waals surface area contributed by atoms with E-state index in [9.17, 15) is 0 Å². The molecule has 0 radical (unpaired) electrons. The Hall–Kier alpha value is -1.54. The van der Waals surface area contributed by atoms with Gasteiger partial charge in [0.1, 0.15) is 5.76 Å². The van der Waals surface area contributed by atoms with Crippen LogP contribution in [0.5, 0.6) is 0 Å². The van der Waals surface area contributed by atoms with Crippen molar-refractivity contribution < 1.29 is 4.42 Å². The first-order chi connectivity index (χ1) is 10.0. The van der Waals surface area contributed by atoms with Crippen LogP contribution in [0.15, 0.2) is 47.1 Å². The van der Waals surface area contributed by atoms with E-state index in [2.05, 4.69) is 63.3 Å². The van der Waals surface area contributed by atoms with E-state index in [1.165, 1.54) is 11.1 Å². The zero-order chi connectivity index (χ0) is 15.3. The number of rotatable bonds is 6. The first kappa shape index (κ1) is 15.8. The highest BCUT2D eigenvalue weighted by atomic mass is 16.3. The minimum Gasteiger partial charge on any atom is -0.468 e. The van der Waals surface area contributed by atoms with Gasteiger partial charge in [-0.05, 0) is 48.1 Å². The molecule has 0 aliphatic carbocycles. The van der Waals surface area contributed by atoms with E-state index in [1.807, 2.05) is 6.07 Å². The molecule has 1 aromatic heterocycles. The number of hydrogen-bond donors (Lipinski definition) is 1. The van der Waals surface area contributed by atoms with Crippen molar-refractivity contribution in [1.82, 2.24) is 5.32 Å². The highest BCUT2D eigenvalue weighted by Crippen LogP contribution is 2.24. The second-order valence-corrected chi connectivity index (χ2v) is 6.67. The molecule has 2 aromatic rings. The van der Waals surface area contributed by atoms with Crippen molar-refractivity contribution in [2.45, 2.75) is 52.0 Å². The van der Waals surface area contributed by atoms with Gasteiger partial charge in [0.25, 0.3) is 0 Å². The molecule has 2 heteroatoms. The van der Waals surface area contributed by atoms with Crippen LogP contribution in [0.4, 0.5) is 0 Å². The Kier molecular flexibility index (Phi) is 5.24. The number of benzene rings is 1. The number of nitrogens with one attached hydrogen (secondary N) is 1. The van der Waals surface area contributed by atoms with Gasteiger partial charge in [-0.2, -0.15) is 0 Å². The number of hydrogen-bond acceptors (Lipinski definition) is 2. The molecule has 2 nitrogen and oxygen atoms in total. The molecule has 21 heavy (non-hydrogen) atoms. The quantitative estimate of drug-likeness (QED) is 0.820. The second kappa shape index (κ2) is 6.95. The van der Waals surface area contributed by atoms with Gasteiger partial charge < -0.3 is 9.73 Å². The largest absolute Gasteiger partial charge is 0.468 e. The van der Waals surface area contributed by atoms with Crippen molar-refractivity contribution in [1.29, 1.82) is 0 Å². The van der Waals surface area contributed by atoms with Crippen LogP contribution in [0.2, 0.25) is 0 Å². The van der Waals surface area contributed by atoms with E-state index < -0.39 is 0 Å². The topological polar surface area (TPSA) is 25.2 Å². The van der Waals surface area contributed by atoms with Crippen LogP contribution in [0.3, 0.4) is 0 Å². The molecule has 2 rings (SSSR count). The summed E-state index contributed by atoms with van der Waals surface area (Å²) in [5.74, 6) is 1.02. The summed E-state index contributed by atoms with van der Waals surface area (Å²) in [6.45, 7) is 9.93. The van der Waals surface area contributed by atoms with Crippen LogP contribution in [-0.2, 0) is 11.8 Å². The van der Waals surface area contributed by atoms with E-state index in [-0.39, 0.29) is 11.5 Å². The smallest absolute Gasteiger partial charge is 0.121 e. The molecule has 0 saturated heterocycles. The number of furan rings is 1. The Labute approximate surface area is 128 Å². The molecule has 0 aliphatic heterocycles. The van der Waals surface area contributed by atoms with Crippen molar-refractivity contribution in [2.24, 2.45) is 0 Å². The van der Waals surface area contributed by atoms with Crippen LogP contribution < -0.4 is 5.32 Å². The summed E-state index contributed by atoms with van der Waals surface area (Å²) < 4.78 is 5.58. The molecule has 1 atom stereocenters. The van der Waals surface area contributed by atoms with Gasteiger partial charge in [-0.1, -0.05) is 52.0 Å². The molecule has 0 fully saturated rings. The van der Waals surface area contributed by atoms with Crippen molar-refractivity contribution in [2.75, 3.05) is 6.54 Å². The maximum atomic E-state index is 5.58. The molecule has 114 valence electrons. The van der Waals surface area contributed by atoms with Crippen LogP contribution in [0.1, 0.15) is 57.0 Å². The minimum absolute atomic E-state index is 0.208. The predicted octanol–water partition coefficient (Wildman–Crippen LogP) is 4.86. The molecule has 0 saturated carbocycles. The van der Waals surface area contributed by atoms with Crippen molar-refractivity contribution in [3.05, 3.63) is 59.5 Å². The molecule has 0 amide bonds. The first-order valence-corrected chi connectivity index (χ1v) is 7.87. The van der Waals surface area contributed by atoms with Crippen LogP contribution in [0.25, 0.3) is 0 Å². The highest BCUT2D eigenvalue weighted by Gasteiger charge is 2.16. The van der Waals surface area contributed by atoms with Gasteiger partial charge in [-0.25, -0.2) is 0 Å². The lowest BCUT2D eigenvalue weighted by molar-refractivity contribution is 0.410. The summed E-state index contributed by atoms with van der Waals surface area (Å²) in [5, 5.41) is 3.57. The van der Waals surface area contributed by atoms with Gasteiger partial charge in [0.15, 0.2) is 0 Å². The third-order valence-electron chi connectivity index (χ3n) is 3.79. The minimum atomic E-state index is 0.208. The summed E-state index contributed by atoms with van der Waals surface area (Å²) in [5.41, 5.74) is 2.93. The van der Waals surface area contributed by atoms with Crippen molar-refractivity contribution >= 4 is 0 Å². The fourth-order valence-corrected chi connectivity index (χ4v) is 2.46. The highest BCUT2D eigenvalue weighted by molar-refractivity contribution is 5.28. The molecule has 1 aromatic carbocycles. The zero-order valence-electron chi connectivity index (χ0n) is 13.6. The summed E-state index contributed by atoms with van der Waals surface area (Å²) >= 11 is 0. The standard InChI is InChI=1S/C19H27NO/c1-5-12-20-17(18-7-6-13-21-18)14-15-8-10-16(11-9-15)19(2,3)4/h6-11,13,17,20H,5,12,14H2,1-4H3. The summed E-state index contributed by atoms with van der Waals surface area (Å²) in [6, 6.07) is 13.2. The molecule has 1 unspecified atom stereocenters. The van der Waals surface area contributed by atoms with Gasteiger partial charge in [0.2, 0.25) is 0 Å². The van der Waals surface area contributed by atoms with Crippen LogP contribution in [-0.4, -0.2) is 6.54 Å². The third-order valence-corrected chi connectivity index (χ3v) is 3.79. The second-order valence-electron chi connectivity index (χ2n) is 6.67. The molecule has 1 N–H and O–H groups in total. The van der Waals surface area contributed by atoms with Crippen LogP contribution in [0, 0.1) is 0 Å². The Morgan fingerprint density at radius 3 is 2.33 bits per heavy atom. The fraction of sp³-hybridized carbons (Fsp3) is 0.474. The Morgan fingerprint density at radius 1 is 1.10 bits per heavy atom. The molecule has 0 aliphatic rings. The van der Waals surface area contributed by atoms with Crippen LogP contribution >= 0.6 is 0 Å². The van der Waals surface area contributed by atoms with E-state index in [0.29, 0.717) is 0 Å². The predicted molar refractivity (Wildman–Crippen MR) is 88.6 cm³/mol. The van der Waals surface area contributed by atoms with Crippen molar-refractivity contribution in [3.63, 3.8) is 0 Å². The maximum Gasteiger partial charge on any atom is 0.121 e. The Morgan fingerprint density at radius 2 is 1.81 bits per heavy atom. The third kappa shape index (κ3) is 4.47. The van der Waals surface area contributed by atoms with Crippen molar-refractivity contribution in [3.8, 4) is 0 Å². The first-order valence-electron chi connectivity index (χ1n) is 7.87. The summed E-state index contributed by atoms with van der Waals surface area (Å²) in [7, 11) is 0. The van der Waals surface area contributed by atoms with E-state index in [4.69, 9.17) is 4.42 Å².